The minimum Gasteiger partial charge on any atom is -0.489 e. The zero-order valence-electron chi connectivity index (χ0n) is 18.6. The molecule has 4 aliphatic heterocycles. The van der Waals surface area contributed by atoms with Crippen LogP contribution in [0.3, 0.4) is 0 Å². The lowest BCUT2D eigenvalue weighted by Gasteiger charge is -2.34. The maximum atomic E-state index is 12.8. The van der Waals surface area contributed by atoms with Crippen LogP contribution in [0.5, 0.6) is 5.75 Å². The van der Waals surface area contributed by atoms with E-state index in [-0.39, 0.29) is 19.1 Å². The maximum absolute atomic E-state index is 12.8. The van der Waals surface area contributed by atoms with E-state index < -0.39 is 30.1 Å². The summed E-state index contributed by atoms with van der Waals surface area (Å²) < 4.78 is 11.6. The molecule has 0 spiro atoms. The van der Waals surface area contributed by atoms with Crippen molar-refractivity contribution in [1.82, 2.24) is 4.90 Å². The van der Waals surface area contributed by atoms with Gasteiger partial charge in [0.2, 0.25) is 5.91 Å². The van der Waals surface area contributed by atoms with Crippen molar-refractivity contribution in [2.24, 2.45) is 5.92 Å². The number of piperidine rings is 1. The molecule has 0 aromatic heterocycles. The number of rotatable bonds is 3. The first-order valence-corrected chi connectivity index (χ1v) is 11.4. The van der Waals surface area contributed by atoms with Gasteiger partial charge in [-0.2, -0.15) is 0 Å². The van der Waals surface area contributed by atoms with Crippen LogP contribution in [0.2, 0.25) is 0 Å². The number of carbonyl (C=O) groups is 4. The molecule has 9 nitrogen and oxygen atoms in total. The topological polar surface area (TPSA) is 96.5 Å². The number of amides is 4. The van der Waals surface area contributed by atoms with E-state index in [0.717, 1.165) is 17.0 Å². The monoisotopic (exact) mass is 461 g/mol. The van der Waals surface area contributed by atoms with Gasteiger partial charge < -0.3 is 14.4 Å². The Morgan fingerprint density at radius 2 is 1.74 bits per heavy atom. The number of cyclic esters (lactones) is 1. The Balaban J connectivity index is 1.23. The summed E-state index contributed by atoms with van der Waals surface area (Å²) in [6, 6.07) is 11.5. The first-order valence-electron chi connectivity index (χ1n) is 11.4. The van der Waals surface area contributed by atoms with Gasteiger partial charge in [-0.05, 0) is 36.6 Å². The molecule has 2 aromatic rings. The van der Waals surface area contributed by atoms with E-state index in [0.29, 0.717) is 41.4 Å². The van der Waals surface area contributed by atoms with Gasteiger partial charge in [0.05, 0.1) is 23.4 Å². The normalized spacial score (nSPS) is 25.7. The van der Waals surface area contributed by atoms with Gasteiger partial charge in [0, 0.05) is 24.7 Å². The zero-order chi connectivity index (χ0) is 23.6. The molecule has 2 aromatic carbocycles. The number of nitrogens with zero attached hydrogens (tertiary/aromatic N) is 3. The van der Waals surface area contributed by atoms with Crippen LogP contribution in [0.15, 0.2) is 42.5 Å². The lowest BCUT2D eigenvalue weighted by Crippen LogP contribution is -2.49. The maximum Gasteiger partial charge on any atom is 0.415 e. The highest BCUT2D eigenvalue weighted by molar-refractivity contribution is 6.21. The van der Waals surface area contributed by atoms with Crippen molar-refractivity contribution in [2.75, 3.05) is 29.5 Å². The first-order chi connectivity index (χ1) is 16.4. The van der Waals surface area contributed by atoms with Crippen LogP contribution in [-0.2, 0) is 9.53 Å². The van der Waals surface area contributed by atoms with E-state index in [9.17, 15) is 19.2 Å². The second-order valence-electron chi connectivity index (χ2n) is 9.23. The Hall–Kier alpha value is -3.88. The van der Waals surface area contributed by atoms with Crippen LogP contribution in [0.25, 0.3) is 0 Å². The molecule has 0 bridgehead atoms. The van der Waals surface area contributed by atoms with Crippen LogP contribution >= 0.6 is 0 Å². The van der Waals surface area contributed by atoms with E-state index in [1.165, 1.54) is 4.90 Å². The van der Waals surface area contributed by atoms with Gasteiger partial charge in [0.25, 0.3) is 11.8 Å². The third kappa shape index (κ3) is 3.07. The molecule has 4 amide bonds. The fraction of sp³-hybridized carbons (Fsp3) is 0.360. The molecule has 3 atom stereocenters. The number of fused-ring (bicyclic) bond motifs is 4. The zero-order valence-corrected chi connectivity index (χ0v) is 18.6. The molecule has 2 saturated heterocycles. The fourth-order valence-electron chi connectivity index (χ4n) is 5.19. The van der Waals surface area contributed by atoms with E-state index >= 15 is 0 Å². The van der Waals surface area contributed by atoms with E-state index in [1.807, 2.05) is 6.07 Å². The van der Waals surface area contributed by atoms with Gasteiger partial charge in [-0.3, -0.25) is 24.2 Å². The Morgan fingerprint density at radius 3 is 2.44 bits per heavy atom. The van der Waals surface area contributed by atoms with Crippen molar-refractivity contribution >= 4 is 35.2 Å². The van der Waals surface area contributed by atoms with Crippen LogP contribution in [0.4, 0.5) is 16.2 Å². The van der Waals surface area contributed by atoms with E-state index in [2.05, 4.69) is 6.92 Å². The molecular weight excluding hydrogens is 438 g/mol. The predicted molar refractivity (Wildman–Crippen MR) is 121 cm³/mol. The molecule has 0 N–H and O–H groups in total. The molecule has 0 aliphatic carbocycles. The number of ether oxygens (including phenoxy) is 2. The lowest BCUT2D eigenvalue weighted by atomic mass is 9.98. The summed E-state index contributed by atoms with van der Waals surface area (Å²) >= 11 is 0. The van der Waals surface area contributed by atoms with Gasteiger partial charge in [0.15, 0.2) is 0 Å². The summed E-state index contributed by atoms with van der Waals surface area (Å²) in [5.74, 6) is 0.166. The summed E-state index contributed by atoms with van der Waals surface area (Å²) in [7, 11) is 0. The summed E-state index contributed by atoms with van der Waals surface area (Å²) in [5, 5.41) is 0. The summed E-state index contributed by atoms with van der Waals surface area (Å²) in [5.41, 5.74) is 2.00. The standard InChI is InChI=1S/C25H23N3O6/c1-14-8-9-26(22(29)10-14)15-6-7-18-20(11-15)33-13-19-21(34-25(32)28(18)19)12-27-23(30)16-4-2-3-5-17(16)24(27)31/h2-7,11,14,19,21H,8-10,12-13H2,1H3/t14-,19+,21+/m1/s1. The van der Waals surface area contributed by atoms with Gasteiger partial charge in [-0.25, -0.2) is 4.79 Å². The van der Waals surface area contributed by atoms with Gasteiger partial charge in [0.1, 0.15) is 24.5 Å². The van der Waals surface area contributed by atoms with Crippen LogP contribution in [0, 0.1) is 5.92 Å². The van der Waals surface area contributed by atoms with Gasteiger partial charge in [-0.1, -0.05) is 19.1 Å². The molecule has 174 valence electrons. The minimum atomic E-state index is -0.715. The molecule has 4 heterocycles. The second kappa shape index (κ2) is 7.58. The highest BCUT2D eigenvalue weighted by atomic mass is 16.6. The third-order valence-electron chi connectivity index (χ3n) is 7.04. The second-order valence-corrected chi connectivity index (χ2v) is 9.23. The van der Waals surface area contributed by atoms with Gasteiger partial charge >= 0.3 is 6.09 Å². The summed E-state index contributed by atoms with van der Waals surface area (Å²) in [4.78, 5) is 55.2. The molecule has 0 unspecified atom stereocenters. The predicted octanol–water partition coefficient (Wildman–Crippen LogP) is 2.83. The first kappa shape index (κ1) is 20.7. The number of hydrogen-bond acceptors (Lipinski definition) is 6. The average Bonchev–Trinajstić information content (AvgIpc) is 3.28. The molecule has 2 fully saturated rings. The molecular formula is C25H23N3O6. The Bertz CT molecular complexity index is 1210. The van der Waals surface area contributed by atoms with Crippen LogP contribution < -0.4 is 14.5 Å². The van der Waals surface area contributed by atoms with Gasteiger partial charge in [-0.15, -0.1) is 0 Å². The molecule has 6 rings (SSSR count). The molecule has 0 radical (unpaired) electrons. The largest absolute Gasteiger partial charge is 0.489 e. The van der Waals surface area contributed by atoms with Crippen LogP contribution in [0.1, 0.15) is 40.5 Å². The summed E-state index contributed by atoms with van der Waals surface area (Å²) in [6.45, 7) is 2.83. The SMILES string of the molecule is C[C@@H]1CCN(c2ccc3c(c2)OC[C@H]2[C@H](CN4C(=O)c5ccccc5C4=O)OC(=O)N32)C(=O)C1. The van der Waals surface area contributed by atoms with Crippen LogP contribution in [-0.4, -0.2) is 60.6 Å². The fourth-order valence-corrected chi connectivity index (χ4v) is 5.19. The van der Waals surface area contributed by atoms with E-state index in [1.54, 1.807) is 41.3 Å². The Kier molecular flexibility index (Phi) is 4.62. The number of carbonyl (C=O) groups excluding carboxylic acids is 4. The highest BCUT2D eigenvalue weighted by Gasteiger charge is 2.49. The molecule has 9 heteroatoms. The van der Waals surface area contributed by atoms with Crippen molar-refractivity contribution in [2.45, 2.75) is 31.9 Å². The van der Waals surface area contributed by atoms with Crippen molar-refractivity contribution < 1.29 is 28.7 Å². The number of hydrogen-bond donors (Lipinski definition) is 0. The minimum absolute atomic E-state index is 0.0451. The number of benzene rings is 2. The number of imide groups is 1. The van der Waals surface area contributed by atoms with Crippen molar-refractivity contribution in [3.63, 3.8) is 0 Å². The average molecular weight is 461 g/mol. The van der Waals surface area contributed by atoms with Crippen molar-refractivity contribution in [3.8, 4) is 5.75 Å². The third-order valence-corrected chi connectivity index (χ3v) is 7.04. The Labute approximate surface area is 195 Å². The molecule has 0 saturated carbocycles. The number of anilines is 2. The van der Waals surface area contributed by atoms with Crippen molar-refractivity contribution in [1.29, 1.82) is 0 Å². The van der Waals surface area contributed by atoms with E-state index in [4.69, 9.17) is 9.47 Å². The molecule has 34 heavy (non-hydrogen) atoms. The lowest BCUT2D eigenvalue weighted by molar-refractivity contribution is -0.120. The molecule has 4 aliphatic rings. The smallest absolute Gasteiger partial charge is 0.415 e. The highest BCUT2D eigenvalue weighted by Crippen LogP contribution is 2.42. The van der Waals surface area contributed by atoms with Crippen molar-refractivity contribution in [3.05, 3.63) is 53.6 Å². The quantitative estimate of drug-likeness (QED) is 0.653. The Morgan fingerprint density at radius 1 is 1.00 bits per heavy atom. The summed E-state index contributed by atoms with van der Waals surface area (Å²) in [6.07, 6.45) is 0.182.